The molecule has 2 aliphatic heterocycles. The number of rotatable bonds is 1. The van der Waals surface area contributed by atoms with E-state index in [0.29, 0.717) is 23.8 Å². The molecule has 0 aromatic heterocycles. The highest BCUT2D eigenvalue weighted by Gasteiger charge is 2.58. The van der Waals surface area contributed by atoms with Crippen molar-refractivity contribution >= 4 is 18.3 Å². The third-order valence-corrected chi connectivity index (χ3v) is 4.62. The lowest BCUT2D eigenvalue weighted by molar-refractivity contribution is -0.133. The Hall–Kier alpha value is -0.320. The molecule has 1 atom stereocenters. The van der Waals surface area contributed by atoms with Gasteiger partial charge in [0.25, 0.3) is 0 Å². The Labute approximate surface area is 115 Å². The molecule has 2 saturated heterocycles. The maximum atomic E-state index is 12.4. The number of hydrogen-bond donors (Lipinski definition) is 1. The van der Waals surface area contributed by atoms with Crippen molar-refractivity contribution in [1.82, 2.24) is 10.2 Å². The van der Waals surface area contributed by atoms with Crippen LogP contribution < -0.4 is 5.32 Å². The van der Waals surface area contributed by atoms with E-state index in [-0.39, 0.29) is 12.4 Å². The van der Waals surface area contributed by atoms with Crippen LogP contribution in [0.4, 0.5) is 0 Å². The van der Waals surface area contributed by atoms with E-state index in [4.69, 9.17) is 4.74 Å². The highest BCUT2D eigenvalue weighted by atomic mass is 35.5. The SMILES string of the molecule is Cl.O=C(C1CC12CCNCC2)N1CCCOCC1. The van der Waals surface area contributed by atoms with Gasteiger partial charge in [0.2, 0.25) is 5.91 Å². The van der Waals surface area contributed by atoms with E-state index in [0.717, 1.165) is 45.6 Å². The van der Waals surface area contributed by atoms with Gasteiger partial charge in [0.1, 0.15) is 0 Å². The molecule has 18 heavy (non-hydrogen) atoms. The molecule has 3 rings (SSSR count). The molecule has 1 unspecified atom stereocenters. The number of piperidine rings is 1. The van der Waals surface area contributed by atoms with Gasteiger partial charge in [0.15, 0.2) is 0 Å². The first kappa shape index (κ1) is 14.1. The summed E-state index contributed by atoms with van der Waals surface area (Å²) < 4.78 is 5.41. The van der Waals surface area contributed by atoms with Crippen LogP contribution in [0, 0.1) is 11.3 Å². The predicted octanol–water partition coefficient (Wildman–Crippen LogP) is 1.05. The van der Waals surface area contributed by atoms with Gasteiger partial charge in [-0.15, -0.1) is 12.4 Å². The third-order valence-electron chi connectivity index (χ3n) is 4.62. The monoisotopic (exact) mass is 274 g/mol. The fourth-order valence-electron chi connectivity index (χ4n) is 3.36. The van der Waals surface area contributed by atoms with Gasteiger partial charge in [-0.2, -0.15) is 0 Å². The second-order valence-corrected chi connectivity index (χ2v) is 5.66. The summed E-state index contributed by atoms with van der Waals surface area (Å²) in [5, 5.41) is 3.38. The number of nitrogens with one attached hydrogen (secondary N) is 1. The molecular formula is C13H23ClN2O2. The first-order valence-electron chi connectivity index (χ1n) is 6.89. The van der Waals surface area contributed by atoms with Crippen LogP contribution in [0.1, 0.15) is 25.7 Å². The largest absolute Gasteiger partial charge is 0.380 e. The fourth-order valence-corrected chi connectivity index (χ4v) is 3.36. The Kier molecular flexibility index (Phi) is 4.51. The van der Waals surface area contributed by atoms with E-state index in [1.807, 2.05) is 4.90 Å². The summed E-state index contributed by atoms with van der Waals surface area (Å²) in [7, 11) is 0. The molecule has 5 heteroatoms. The summed E-state index contributed by atoms with van der Waals surface area (Å²) in [4.78, 5) is 14.5. The molecule has 1 amide bonds. The quantitative estimate of drug-likeness (QED) is 0.777. The molecule has 0 aromatic carbocycles. The smallest absolute Gasteiger partial charge is 0.226 e. The van der Waals surface area contributed by atoms with E-state index in [9.17, 15) is 4.79 Å². The van der Waals surface area contributed by atoms with Crippen LogP contribution in [0.3, 0.4) is 0 Å². The van der Waals surface area contributed by atoms with Crippen molar-refractivity contribution in [3.63, 3.8) is 0 Å². The average Bonchev–Trinajstić information content (AvgIpc) is 3.10. The summed E-state index contributed by atoms with van der Waals surface area (Å²) in [6.45, 7) is 5.39. The number of halogens is 1. The van der Waals surface area contributed by atoms with Gasteiger partial charge in [-0.25, -0.2) is 0 Å². The van der Waals surface area contributed by atoms with Gasteiger partial charge < -0.3 is 15.0 Å². The lowest BCUT2D eigenvalue weighted by Gasteiger charge is -2.26. The molecule has 1 spiro atoms. The number of nitrogens with zero attached hydrogens (tertiary/aromatic N) is 1. The number of carbonyl (C=O) groups excluding carboxylic acids is 1. The van der Waals surface area contributed by atoms with Gasteiger partial charge >= 0.3 is 0 Å². The molecule has 1 N–H and O–H groups in total. The molecule has 4 nitrogen and oxygen atoms in total. The Balaban J connectivity index is 0.00000120. The van der Waals surface area contributed by atoms with E-state index >= 15 is 0 Å². The maximum Gasteiger partial charge on any atom is 0.226 e. The summed E-state index contributed by atoms with van der Waals surface area (Å²) in [6.07, 6.45) is 4.50. The van der Waals surface area contributed by atoms with E-state index in [1.165, 1.54) is 12.8 Å². The molecule has 104 valence electrons. The molecule has 0 bridgehead atoms. The molecule has 1 aliphatic carbocycles. The minimum absolute atomic E-state index is 0. The summed E-state index contributed by atoms with van der Waals surface area (Å²) in [5.41, 5.74) is 0.371. The second-order valence-electron chi connectivity index (χ2n) is 5.66. The summed E-state index contributed by atoms with van der Waals surface area (Å²) >= 11 is 0. The van der Waals surface area contributed by atoms with Crippen molar-refractivity contribution in [3.8, 4) is 0 Å². The fraction of sp³-hybridized carbons (Fsp3) is 0.923. The minimum atomic E-state index is 0. The third kappa shape index (κ3) is 2.65. The first-order chi connectivity index (χ1) is 8.32. The summed E-state index contributed by atoms with van der Waals surface area (Å²) in [5.74, 6) is 0.722. The van der Waals surface area contributed by atoms with E-state index in [1.54, 1.807) is 0 Å². The van der Waals surface area contributed by atoms with Crippen molar-refractivity contribution in [2.45, 2.75) is 25.7 Å². The normalized spacial score (nSPS) is 30.4. The Morgan fingerprint density at radius 1 is 1.22 bits per heavy atom. The van der Waals surface area contributed by atoms with E-state index < -0.39 is 0 Å². The molecule has 0 radical (unpaired) electrons. The van der Waals surface area contributed by atoms with Crippen LogP contribution in [0.15, 0.2) is 0 Å². The van der Waals surface area contributed by atoms with Gasteiger partial charge in [-0.05, 0) is 44.2 Å². The minimum Gasteiger partial charge on any atom is -0.380 e. The van der Waals surface area contributed by atoms with Crippen molar-refractivity contribution in [3.05, 3.63) is 0 Å². The standard InChI is InChI=1S/C13H22N2O2.ClH/c16-12(15-6-1-8-17-9-7-15)11-10-13(11)2-4-14-5-3-13;/h11,14H,1-10H2;1H. The Bertz CT molecular complexity index is 297. The molecule has 2 heterocycles. The van der Waals surface area contributed by atoms with E-state index in [2.05, 4.69) is 5.32 Å². The molecule has 3 aliphatic rings. The van der Waals surface area contributed by atoms with Crippen molar-refractivity contribution < 1.29 is 9.53 Å². The molecular weight excluding hydrogens is 252 g/mol. The molecule has 3 fully saturated rings. The van der Waals surface area contributed by atoms with Crippen LogP contribution >= 0.6 is 12.4 Å². The Morgan fingerprint density at radius 2 is 2.00 bits per heavy atom. The van der Waals surface area contributed by atoms with Crippen LogP contribution in [0.2, 0.25) is 0 Å². The van der Waals surface area contributed by atoms with Gasteiger partial charge in [0.05, 0.1) is 6.61 Å². The zero-order valence-corrected chi connectivity index (χ0v) is 11.6. The molecule has 0 aromatic rings. The van der Waals surface area contributed by atoms with Gasteiger partial charge in [-0.3, -0.25) is 4.79 Å². The van der Waals surface area contributed by atoms with Crippen LogP contribution in [0.25, 0.3) is 0 Å². The van der Waals surface area contributed by atoms with Gasteiger partial charge in [0, 0.05) is 25.6 Å². The van der Waals surface area contributed by atoms with Crippen molar-refractivity contribution in [2.24, 2.45) is 11.3 Å². The highest BCUT2D eigenvalue weighted by Crippen LogP contribution is 2.59. The number of amides is 1. The van der Waals surface area contributed by atoms with Crippen LogP contribution in [-0.2, 0) is 9.53 Å². The number of carbonyl (C=O) groups is 1. The first-order valence-corrected chi connectivity index (χ1v) is 6.89. The van der Waals surface area contributed by atoms with Crippen LogP contribution in [-0.4, -0.2) is 50.2 Å². The topological polar surface area (TPSA) is 41.6 Å². The average molecular weight is 275 g/mol. The summed E-state index contributed by atoms with van der Waals surface area (Å²) in [6, 6.07) is 0. The predicted molar refractivity (Wildman–Crippen MR) is 71.9 cm³/mol. The number of ether oxygens (including phenoxy) is 1. The van der Waals surface area contributed by atoms with Crippen molar-refractivity contribution in [2.75, 3.05) is 39.4 Å². The molecule has 1 saturated carbocycles. The second kappa shape index (κ2) is 5.76. The lowest BCUT2D eigenvalue weighted by atomic mass is 9.91. The van der Waals surface area contributed by atoms with Crippen molar-refractivity contribution in [1.29, 1.82) is 0 Å². The zero-order valence-electron chi connectivity index (χ0n) is 10.8. The van der Waals surface area contributed by atoms with Crippen LogP contribution in [0.5, 0.6) is 0 Å². The maximum absolute atomic E-state index is 12.4. The van der Waals surface area contributed by atoms with Gasteiger partial charge in [-0.1, -0.05) is 0 Å². The Morgan fingerprint density at radius 3 is 2.78 bits per heavy atom. The zero-order chi connectivity index (χ0) is 11.7. The highest BCUT2D eigenvalue weighted by molar-refractivity contribution is 5.85. The lowest BCUT2D eigenvalue weighted by Crippen LogP contribution is -2.37. The number of hydrogen-bond acceptors (Lipinski definition) is 3.